The molecule has 4 nitrogen and oxygen atoms in total. The van der Waals surface area contributed by atoms with Gasteiger partial charge in [0.05, 0.1) is 18.0 Å². The average molecular weight is 223 g/mol. The number of nitrogens with zero attached hydrogens (tertiary/aromatic N) is 2. The van der Waals surface area contributed by atoms with Crippen LogP contribution in [0.4, 0.5) is 0 Å². The van der Waals surface area contributed by atoms with Crippen LogP contribution in [-0.4, -0.2) is 30.0 Å². The fourth-order valence-electron chi connectivity index (χ4n) is 2.32. The minimum absolute atomic E-state index is 0.258. The lowest BCUT2D eigenvalue weighted by molar-refractivity contribution is 0.00953. The molecule has 2 heterocycles. The highest BCUT2D eigenvalue weighted by Crippen LogP contribution is 2.29. The van der Waals surface area contributed by atoms with Crippen LogP contribution in [0.1, 0.15) is 36.6 Å². The van der Waals surface area contributed by atoms with E-state index in [9.17, 15) is 0 Å². The molecular weight excluding hydrogens is 202 g/mol. The number of rotatable bonds is 4. The minimum Gasteiger partial charge on any atom is -0.372 e. The maximum atomic E-state index is 5.84. The van der Waals surface area contributed by atoms with E-state index < -0.39 is 0 Å². The second-order valence-electron chi connectivity index (χ2n) is 4.39. The van der Waals surface area contributed by atoms with Crippen LogP contribution in [0.2, 0.25) is 0 Å². The Morgan fingerprint density at radius 2 is 2.44 bits per heavy atom. The fourth-order valence-corrected chi connectivity index (χ4v) is 2.32. The summed E-state index contributed by atoms with van der Waals surface area (Å²) < 4.78 is 7.82. The third-order valence-corrected chi connectivity index (χ3v) is 3.19. The predicted molar refractivity (Wildman–Crippen MR) is 63.4 cm³/mol. The molecule has 0 saturated carbocycles. The van der Waals surface area contributed by atoms with Crippen molar-refractivity contribution >= 4 is 0 Å². The molecular formula is C12H21N3O. The Morgan fingerprint density at radius 3 is 3.12 bits per heavy atom. The van der Waals surface area contributed by atoms with Crippen LogP contribution in [0.15, 0.2) is 6.20 Å². The normalized spacial score (nSPS) is 21.2. The molecule has 1 aromatic rings. The molecule has 4 heteroatoms. The summed E-state index contributed by atoms with van der Waals surface area (Å²) in [6, 6.07) is 0. The number of hydrogen-bond donors (Lipinski definition) is 1. The Kier molecular flexibility index (Phi) is 3.96. The van der Waals surface area contributed by atoms with Gasteiger partial charge in [-0.25, -0.2) is 0 Å². The van der Waals surface area contributed by atoms with Gasteiger partial charge >= 0.3 is 0 Å². The topological polar surface area (TPSA) is 39.1 Å². The first-order valence-corrected chi connectivity index (χ1v) is 6.10. The third-order valence-electron chi connectivity index (χ3n) is 3.19. The van der Waals surface area contributed by atoms with Crippen molar-refractivity contribution in [3.8, 4) is 0 Å². The third kappa shape index (κ3) is 2.44. The molecule has 0 bridgehead atoms. The molecule has 1 saturated heterocycles. The van der Waals surface area contributed by atoms with Crippen LogP contribution in [0, 0.1) is 0 Å². The number of nitrogens with one attached hydrogen (secondary N) is 1. The molecule has 1 aromatic heterocycles. The van der Waals surface area contributed by atoms with Gasteiger partial charge in [0.1, 0.15) is 0 Å². The molecule has 0 aliphatic carbocycles. The number of likely N-dealkylation sites (N-methyl/N-ethyl adjacent to an activating group) is 1. The van der Waals surface area contributed by atoms with Gasteiger partial charge < -0.3 is 10.1 Å². The summed E-state index contributed by atoms with van der Waals surface area (Å²) in [5.74, 6) is 0. The molecule has 0 amide bonds. The Balaban J connectivity index is 2.13. The van der Waals surface area contributed by atoms with Crippen molar-refractivity contribution in [3.63, 3.8) is 0 Å². The molecule has 90 valence electrons. The standard InChI is InChI=1S/C12H21N3O/c1-13-7-6-10-9-14-15(2)12(10)11-5-3-4-8-16-11/h9,11,13H,3-8H2,1-2H3. The first kappa shape index (κ1) is 11.6. The lowest BCUT2D eigenvalue weighted by Crippen LogP contribution is -2.18. The minimum atomic E-state index is 0.258. The van der Waals surface area contributed by atoms with Gasteiger partial charge in [0, 0.05) is 13.7 Å². The smallest absolute Gasteiger partial charge is 0.0994 e. The summed E-state index contributed by atoms with van der Waals surface area (Å²) >= 11 is 0. The van der Waals surface area contributed by atoms with Gasteiger partial charge in [-0.15, -0.1) is 0 Å². The zero-order chi connectivity index (χ0) is 11.4. The Labute approximate surface area is 97.0 Å². The van der Waals surface area contributed by atoms with Gasteiger partial charge in [0.25, 0.3) is 0 Å². The van der Waals surface area contributed by atoms with Crippen LogP contribution >= 0.6 is 0 Å². The molecule has 1 aliphatic heterocycles. The highest BCUT2D eigenvalue weighted by Gasteiger charge is 2.22. The molecule has 1 fully saturated rings. The van der Waals surface area contributed by atoms with Crippen LogP contribution in [0.5, 0.6) is 0 Å². The van der Waals surface area contributed by atoms with Gasteiger partial charge in [-0.3, -0.25) is 4.68 Å². The monoisotopic (exact) mass is 223 g/mol. The predicted octanol–water partition coefficient (Wildman–Crippen LogP) is 1.42. The summed E-state index contributed by atoms with van der Waals surface area (Å²) in [6.07, 6.45) is 6.85. The average Bonchev–Trinajstić information content (AvgIpc) is 2.69. The molecule has 2 rings (SSSR count). The van der Waals surface area contributed by atoms with Crippen molar-refractivity contribution < 1.29 is 4.74 Å². The number of hydrogen-bond acceptors (Lipinski definition) is 3. The molecule has 0 spiro atoms. The highest BCUT2D eigenvalue weighted by atomic mass is 16.5. The summed E-state index contributed by atoms with van der Waals surface area (Å²) in [5.41, 5.74) is 2.60. The largest absolute Gasteiger partial charge is 0.372 e. The molecule has 1 unspecified atom stereocenters. The van der Waals surface area contributed by atoms with Crippen molar-refractivity contribution in [1.82, 2.24) is 15.1 Å². The summed E-state index contributed by atoms with van der Waals surface area (Å²) in [6.45, 7) is 1.88. The van der Waals surface area contributed by atoms with E-state index in [2.05, 4.69) is 10.4 Å². The van der Waals surface area contributed by atoms with Gasteiger partial charge in [0.15, 0.2) is 0 Å². The fraction of sp³-hybridized carbons (Fsp3) is 0.750. The van der Waals surface area contributed by atoms with E-state index in [4.69, 9.17) is 4.74 Å². The highest BCUT2D eigenvalue weighted by molar-refractivity contribution is 5.21. The van der Waals surface area contributed by atoms with Crippen LogP contribution < -0.4 is 5.32 Å². The van der Waals surface area contributed by atoms with Crippen LogP contribution in [-0.2, 0) is 18.2 Å². The SMILES string of the molecule is CNCCc1cnn(C)c1C1CCCCO1. The van der Waals surface area contributed by atoms with Crippen molar-refractivity contribution in [1.29, 1.82) is 0 Å². The first-order chi connectivity index (χ1) is 7.83. The molecule has 0 aromatic carbocycles. The molecule has 0 radical (unpaired) electrons. The Hall–Kier alpha value is -0.870. The maximum absolute atomic E-state index is 5.84. The van der Waals surface area contributed by atoms with E-state index in [1.165, 1.54) is 24.1 Å². The van der Waals surface area contributed by atoms with Crippen molar-refractivity contribution in [2.45, 2.75) is 31.8 Å². The Bertz CT molecular complexity index is 329. The van der Waals surface area contributed by atoms with E-state index in [1.807, 2.05) is 25.0 Å². The lowest BCUT2D eigenvalue weighted by atomic mass is 10.0. The summed E-state index contributed by atoms with van der Waals surface area (Å²) in [4.78, 5) is 0. The van der Waals surface area contributed by atoms with Gasteiger partial charge in [-0.1, -0.05) is 0 Å². The second-order valence-corrected chi connectivity index (χ2v) is 4.39. The number of aromatic nitrogens is 2. The number of ether oxygens (including phenoxy) is 1. The zero-order valence-corrected chi connectivity index (χ0v) is 10.2. The maximum Gasteiger partial charge on any atom is 0.0994 e. The molecule has 16 heavy (non-hydrogen) atoms. The van der Waals surface area contributed by atoms with Crippen LogP contribution in [0.25, 0.3) is 0 Å². The second kappa shape index (κ2) is 5.46. The summed E-state index contributed by atoms with van der Waals surface area (Å²) in [5, 5.41) is 7.53. The van der Waals surface area contributed by atoms with E-state index >= 15 is 0 Å². The first-order valence-electron chi connectivity index (χ1n) is 6.10. The summed E-state index contributed by atoms with van der Waals surface area (Å²) in [7, 11) is 3.99. The van der Waals surface area contributed by atoms with Gasteiger partial charge in [-0.05, 0) is 44.8 Å². The Morgan fingerprint density at radius 1 is 1.56 bits per heavy atom. The van der Waals surface area contributed by atoms with E-state index in [0.717, 1.165) is 26.0 Å². The van der Waals surface area contributed by atoms with Gasteiger partial charge in [0.2, 0.25) is 0 Å². The molecule has 1 aliphatic rings. The van der Waals surface area contributed by atoms with Crippen molar-refractivity contribution in [2.75, 3.05) is 20.2 Å². The van der Waals surface area contributed by atoms with E-state index in [0.29, 0.717) is 0 Å². The quantitative estimate of drug-likeness (QED) is 0.839. The van der Waals surface area contributed by atoms with Crippen molar-refractivity contribution in [2.24, 2.45) is 7.05 Å². The molecule has 1 atom stereocenters. The van der Waals surface area contributed by atoms with Gasteiger partial charge in [-0.2, -0.15) is 5.10 Å². The van der Waals surface area contributed by atoms with Crippen LogP contribution in [0.3, 0.4) is 0 Å². The zero-order valence-electron chi connectivity index (χ0n) is 10.2. The van der Waals surface area contributed by atoms with E-state index in [-0.39, 0.29) is 6.10 Å². The van der Waals surface area contributed by atoms with E-state index in [1.54, 1.807) is 0 Å². The molecule has 1 N–H and O–H groups in total. The number of aryl methyl sites for hydroxylation is 1. The van der Waals surface area contributed by atoms with Crippen molar-refractivity contribution in [3.05, 3.63) is 17.5 Å². The lowest BCUT2D eigenvalue weighted by Gasteiger charge is -2.24.